The van der Waals surface area contributed by atoms with E-state index < -0.39 is 0 Å². The average molecular weight is 244 g/mol. The Morgan fingerprint density at radius 2 is 2.27 bits per heavy atom. The molecule has 86 valence electrons. The zero-order chi connectivity index (χ0) is 11.3. The third-order valence-electron chi connectivity index (χ3n) is 2.48. The first-order valence-electron chi connectivity index (χ1n) is 5.31. The van der Waals surface area contributed by atoms with Gasteiger partial charge in [-0.3, -0.25) is 0 Å². The molecule has 2 unspecified atom stereocenters. The number of hydrogen-bond donors (Lipinski definition) is 1. The van der Waals surface area contributed by atoms with Crippen molar-refractivity contribution in [1.82, 2.24) is 10.3 Å². The van der Waals surface area contributed by atoms with E-state index in [-0.39, 0.29) is 0 Å². The van der Waals surface area contributed by atoms with E-state index >= 15 is 0 Å². The first-order valence-corrected chi connectivity index (χ1v) is 7.48. The van der Waals surface area contributed by atoms with Crippen LogP contribution < -0.4 is 5.32 Å². The second-order valence-electron chi connectivity index (χ2n) is 3.80. The summed E-state index contributed by atoms with van der Waals surface area (Å²) in [6.45, 7) is 7.57. The molecule has 1 heterocycles. The van der Waals surface area contributed by atoms with Crippen molar-refractivity contribution in [2.24, 2.45) is 0 Å². The normalized spacial score (nSPS) is 15.2. The summed E-state index contributed by atoms with van der Waals surface area (Å²) >= 11 is 3.64. The smallest absolute Gasteiger partial charge is 0.0898 e. The lowest BCUT2D eigenvalue weighted by Crippen LogP contribution is -2.22. The van der Waals surface area contributed by atoms with E-state index in [0.29, 0.717) is 6.04 Å². The summed E-state index contributed by atoms with van der Waals surface area (Å²) in [5.41, 5.74) is 1.18. The number of nitrogens with zero attached hydrogens (tertiary/aromatic N) is 1. The summed E-state index contributed by atoms with van der Waals surface area (Å²) in [5, 5.41) is 7.54. The van der Waals surface area contributed by atoms with Crippen LogP contribution >= 0.6 is 23.1 Å². The Kier molecular flexibility index (Phi) is 5.64. The summed E-state index contributed by atoms with van der Waals surface area (Å²) in [6.07, 6.45) is 3.38. The van der Waals surface area contributed by atoms with Crippen LogP contribution in [-0.4, -0.2) is 23.0 Å². The standard InChI is InChI=1S/C11H20N2S2/c1-8(14-4)5-6-12-9(2)11-7-15-10(3)13-11/h7-9,12H,5-6H2,1-4H3. The molecule has 0 radical (unpaired) electrons. The van der Waals surface area contributed by atoms with Crippen LogP contribution in [0.4, 0.5) is 0 Å². The van der Waals surface area contributed by atoms with Gasteiger partial charge in [0.15, 0.2) is 0 Å². The van der Waals surface area contributed by atoms with Crippen LogP contribution in [0, 0.1) is 6.92 Å². The largest absolute Gasteiger partial charge is 0.309 e. The van der Waals surface area contributed by atoms with Crippen LogP contribution in [0.5, 0.6) is 0 Å². The fraction of sp³-hybridized carbons (Fsp3) is 0.727. The van der Waals surface area contributed by atoms with Crippen molar-refractivity contribution in [2.45, 2.75) is 38.5 Å². The molecule has 0 fully saturated rings. The van der Waals surface area contributed by atoms with Crippen LogP contribution in [-0.2, 0) is 0 Å². The average Bonchev–Trinajstić information content (AvgIpc) is 2.64. The maximum absolute atomic E-state index is 4.48. The fourth-order valence-corrected chi connectivity index (χ4v) is 2.36. The topological polar surface area (TPSA) is 24.9 Å². The quantitative estimate of drug-likeness (QED) is 0.831. The zero-order valence-corrected chi connectivity index (χ0v) is 11.5. The van der Waals surface area contributed by atoms with Gasteiger partial charge in [0.1, 0.15) is 0 Å². The Balaban J connectivity index is 2.27. The van der Waals surface area contributed by atoms with Crippen LogP contribution in [0.25, 0.3) is 0 Å². The van der Waals surface area contributed by atoms with Crippen LogP contribution in [0.2, 0.25) is 0 Å². The molecule has 1 rings (SSSR count). The predicted octanol–water partition coefficient (Wildman–Crippen LogP) is 3.24. The van der Waals surface area contributed by atoms with Gasteiger partial charge < -0.3 is 5.32 Å². The molecular formula is C11H20N2S2. The highest BCUT2D eigenvalue weighted by Gasteiger charge is 2.08. The molecule has 2 atom stereocenters. The first-order chi connectivity index (χ1) is 7.13. The molecule has 0 saturated heterocycles. The minimum Gasteiger partial charge on any atom is -0.309 e. The number of thioether (sulfide) groups is 1. The molecule has 1 aromatic heterocycles. The maximum atomic E-state index is 4.48. The van der Waals surface area contributed by atoms with Crippen molar-refractivity contribution < 1.29 is 0 Å². The number of aryl methyl sites for hydroxylation is 1. The molecule has 4 heteroatoms. The van der Waals surface area contributed by atoms with Crippen molar-refractivity contribution in [3.05, 3.63) is 16.1 Å². The monoisotopic (exact) mass is 244 g/mol. The summed E-state index contributed by atoms with van der Waals surface area (Å²) < 4.78 is 0. The van der Waals surface area contributed by atoms with Gasteiger partial charge in [0.25, 0.3) is 0 Å². The molecule has 0 aromatic carbocycles. The van der Waals surface area contributed by atoms with E-state index in [1.807, 2.05) is 11.8 Å². The van der Waals surface area contributed by atoms with E-state index in [1.165, 1.54) is 12.1 Å². The minimum absolute atomic E-state index is 0.379. The molecule has 0 saturated carbocycles. The lowest BCUT2D eigenvalue weighted by Gasteiger charge is -2.13. The molecule has 15 heavy (non-hydrogen) atoms. The lowest BCUT2D eigenvalue weighted by atomic mass is 10.2. The number of rotatable bonds is 6. The van der Waals surface area contributed by atoms with E-state index in [2.05, 4.69) is 42.7 Å². The van der Waals surface area contributed by atoms with Crippen molar-refractivity contribution in [3.63, 3.8) is 0 Å². The molecular weight excluding hydrogens is 224 g/mol. The minimum atomic E-state index is 0.379. The summed E-state index contributed by atoms with van der Waals surface area (Å²) in [5.74, 6) is 0. The van der Waals surface area contributed by atoms with E-state index in [4.69, 9.17) is 0 Å². The lowest BCUT2D eigenvalue weighted by molar-refractivity contribution is 0.548. The third-order valence-corrected chi connectivity index (χ3v) is 4.32. The molecule has 1 N–H and O–H groups in total. The molecule has 0 aliphatic carbocycles. The second-order valence-corrected chi connectivity index (χ2v) is 6.14. The Morgan fingerprint density at radius 1 is 1.53 bits per heavy atom. The maximum Gasteiger partial charge on any atom is 0.0898 e. The summed E-state index contributed by atoms with van der Waals surface area (Å²) in [7, 11) is 0. The third kappa shape index (κ3) is 4.53. The van der Waals surface area contributed by atoms with Crippen molar-refractivity contribution in [3.8, 4) is 0 Å². The van der Waals surface area contributed by atoms with E-state index in [9.17, 15) is 0 Å². The Hall–Kier alpha value is -0.0600. The van der Waals surface area contributed by atoms with Gasteiger partial charge in [0.05, 0.1) is 10.7 Å². The Bertz CT molecular complexity index is 286. The van der Waals surface area contributed by atoms with Gasteiger partial charge in [-0.1, -0.05) is 6.92 Å². The predicted molar refractivity (Wildman–Crippen MR) is 70.9 cm³/mol. The molecule has 2 nitrogen and oxygen atoms in total. The van der Waals surface area contributed by atoms with Gasteiger partial charge in [-0.15, -0.1) is 11.3 Å². The van der Waals surface area contributed by atoms with Crippen LogP contribution in [0.15, 0.2) is 5.38 Å². The van der Waals surface area contributed by atoms with Crippen LogP contribution in [0.3, 0.4) is 0 Å². The van der Waals surface area contributed by atoms with Gasteiger partial charge in [0, 0.05) is 16.7 Å². The van der Waals surface area contributed by atoms with E-state index in [0.717, 1.165) is 16.8 Å². The van der Waals surface area contributed by atoms with Crippen molar-refractivity contribution in [1.29, 1.82) is 0 Å². The fourth-order valence-electron chi connectivity index (χ4n) is 1.30. The van der Waals surface area contributed by atoms with Gasteiger partial charge in [0.2, 0.25) is 0 Å². The SMILES string of the molecule is CSC(C)CCNC(C)c1csc(C)n1. The summed E-state index contributed by atoms with van der Waals surface area (Å²) in [6, 6.07) is 0.379. The molecule has 0 aliphatic heterocycles. The van der Waals surface area contributed by atoms with Gasteiger partial charge >= 0.3 is 0 Å². The number of hydrogen-bond acceptors (Lipinski definition) is 4. The number of aromatic nitrogens is 1. The Morgan fingerprint density at radius 3 is 2.80 bits per heavy atom. The summed E-state index contributed by atoms with van der Waals surface area (Å²) in [4.78, 5) is 4.48. The van der Waals surface area contributed by atoms with Crippen molar-refractivity contribution in [2.75, 3.05) is 12.8 Å². The van der Waals surface area contributed by atoms with Gasteiger partial charge in [-0.05, 0) is 33.1 Å². The molecule has 0 bridgehead atoms. The van der Waals surface area contributed by atoms with E-state index in [1.54, 1.807) is 11.3 Å². The first kappa shape index (κ1) is 13.0. The molecule has 0 spiro atoms. The number of thiazole rings is 1. The van der Waals surface area contributed by atoms with Gasteiger partial charge in [-0.2, -0.15) is 11.8 Å². The van der Waals surface area contributed by atoms with Crippen molar-refractivity contribution >= 4 is 23.1 Å². The second kappa shape index (κ2) is 6.51. The zero-order valence-electron chi connectivity index (χ0n) is 9.91. The molecule has 0 amide bonds. The Labute approximate surface area is 101 Å². The molecule has 1 aromatic rings. The highest BCUT2D eigenvalue weighted by Crippen LogP contribution is 2.16. The van der Waals surface area contributed by atoms with Gasteiger partial charge in [-0.25, -0.2) is 4.98 Å². The molecule has 0 aliphatic rings. The highest BCUT2D eigenvalue weighted by molar-refractivity contribution is 7.99. The number of nitrogens with one attached hydrogen (secondary N) is 1. The highest BCUT2D eigenvalue weighted by atomic mass is 32.2. The van der Waals surface area contributed by atoms with Crippen LogP contribution in [0.1, 0.15) is 37.0 Å².